The Hall–Kier alpha value is -1.14. The van der Waals surface area contributed by atoms with Gasteiger partial charge in [-0.15, -0.1) is 0 Å². The molecular weight excluding hydrogens is 312 g/mol. The van der Waals surface area contributed by atoms with Crippen LogP contribution in [0.3, 0.4) is 0 Å². The summed E-state index contributed by atoms with van der Waals surface area (Å²) in [6.07, 6.45) is 3.84. The molecule has 1 fully saturated rings. The lowest BCUT2D eigenvalue weighted by atomic mass is 9.99. The van der Waals surface area contributed by atoms with Crippen LogP contribution >= 0.6 is 15.9 Å². The fraction of sp³-hybridized carbons (Fsp3) is 0.538. The number of hydrogen-bond donors (Lipinski definition) is 2. The van der Waals surface area contributed by atoms with Crippen molar-refractivity contribution < 1.29 is 14.6 Å². The predicted molar refractivity (Wildman–Crippen MR) is 75.5 cm³/mol. The molecule has 104 valence electrons. The Morgan fingerprint density at radius 2 is 2.47 bits per heavy atom. The summed E-state index contributed by atoms with van der Waals surface area (Å²) in [7, 11) is 0. The molecular formula is C13H17BrN2O3. The van der Waals surface area contributed by atoms with Gasteiger partial charge >= 0.3 is 5.97 Å². The van der Waals surface area contributed by atoms with Gasteiger partial charge in [-0.2, -0.15) is 0 Å². The quantitative estimate of drug-likeness (QED) is 0.869. The molecule has 2 N–H and O–H groups in total. The zero-order valence-corrected chi connectivity index (χ0v) is 12.3. The SMILES string of the molecule is CCC1OCCC1CNc1ncc(Br)cc1C(=O)O. The first-order valence-corrected chi connectivity index (χ1v) is 7.15. The normalized spacial score (nSPS) is 22.4. The fourth-order valence-electron chi connectivity index (χ4n) is 2.35. The number of aromatic carboxylic acids is 1. The zero-order valence-electron chi connectivity index (χ0n) is 10.7. The van der Waals surface area contributed by atoms with E-state index in [1.54, 1.807) is 12.3 Å². The highest BCUT2D eigenvalue weighted by molar-refractivity contribution is 9.10. The van der Waals surface area contributed by atoms with Gasteiger partial charge < -0.3 is 15.2 Å². The average molecular weight is 329 g/mol. The van der Waals surface area contributed by atoms with E-state index < -0.39 is 5.97 Å². The second kappa shape index (κ2) is 6.34. The molecule has 2 atom stereocenters. The second-order valence-corrected chi connectivity index (χ2v) is 5.52. The number of hydrogen-bond acceptors (Lipinski definition) is 4. The van der Waals surface area contributed by atoms with E-state index in [9.17, 15) is 4.79 Å². The Kier molecular flexibility index (Phi) is 4.76. The van der Waals surface area contributed by atoms with E-state index in [1.807, 2.05) is 0 Å². The standard InChI is InChI=1S/C13H17BrN2O3/c1-2-11-8(3-4-19-11)6-15-12-10(13(17)18)5-9(14)7-16-12/h5,7-8,11H,2-4,6H2,1H3,(H,15,16)(H,17,18). The number of aromatic nitrogens is 1. The van der Waals surface area contributed by atoms with Gasteiger partial charge in [-0.05, 0) is 34.8 Å². The summed E-state index contributed by atoms with van der Waals surface area (Å²) in [5.41, 5.74) is 0.182. The van der Waals surface area contributed by atoms with Crippen molar-refractivity contribution in [1.29, 1.82) is 0 Å². The van der Waals surface area contributed by atoms with E-state index in [0.717, 1.165) is 19.4 Å². The maximum atomic E-state index is 11.2. The number of carboxylic acid groups (broad SMARTS) is 1. The van der Waals surface area contributed by atoms with Crippen molar-refractivity contribution in [2.75, 3.05) is 18.5 Å². The molecule has 6 heteroatoms. The van der Waals surface area contributed by atoms with Crippen molar-refractivity contribution in [1.82, 2.24) is 4.98 Å². The molecule has 1 aliphatic rings. The lowest BCUT2D eigenvalue weighted by molar-refractivity contribution is 0.0697. The Morgan fingerprint density at radius 3 is 3.16 bits per heavy atom. The molecule has 1 aromatic heterocycles. The highest BCUT2D eigenvalue weighted by atomic mass is 79.9. The van der Waals surface area contributed by atoms with Gasteiger partial charge in [0, 0.05) is 29.7 Å². The first-order valence-electron chi connectivity index (χ1n) is 6.36. The van der Waals surface area contributed by atoms with Crippen molar-refractivity contribution in [2.45, 2.75) is 25.9 Å². The third-order valence-corrected chi connectivity index (χ3v) is 3.80. The molecule has 0 bridgehead atoms. The van der Waals surface area contributed by atoms with E-state index in [2.05, 4.69) is 33.2 Å². The molecule has 2 heterocycles. The number of carboxylic acids is 1. The van der Waals surface area contributed by atoms with Gasteiger partial charge in [0.1, 0.15) is 11.4 Å². The van der Waals surface area contributed by atoms with Crippen LogP contribution in [0.4, 0.5) is 5.82 Å². The van der Waals surface area contributed by atoms with Gasteiger partial charge in [-0.1, -0.05) is 6.92 Å². The monoisotopic (exact) mass is 328 g/mol. The molecule has 19 heavy (non-hydrogen) atoms. The van der Waals surface area contributed by atoms with E-state index in [1.165, 1.54) is 0 Å². The molecule has 0 amide bonds. The molecule has 5 nitrogen and oxygen atoms in total. The molecule has 0 aliphatic carbocycles. The van der Waals surface area contributed by atoms with Gasteiger partial charge in [0.15, 0.2) is 0 Å². The van der Waals surface area contributed by atoms with Gasteiger partial charge in [-0.25, -0.2) is 9.78 Å². The summed E-state index contributed by atoms with van der Waals surface area (Å²) in [6.45, 7) is 3.57. The maximum absolute atomic E-state index is 11.2. The summed E-state index contributed by atoms with van der Waals surface area (Å²) >= 11 is 3.23. The third kappa shape index (κ3) is 3.45. The largest absolute Gasteiger partial charge is 0.478 e. The van der Waals surface area contributed by atoms with E-state index in [0.29, 0.717) is 22.8 Å². The summed E-state index contributed by atoms with van der Waals surface area (Å²) in [4.78, 5) is 15.3. The van der Waals surface area contributed by atoms with Crippen LogP contribution in [0.2, 0.25) is 0 Å². The Morgan fingerprint density at radius 1 is 1.68 bits per heavy atom. The number of nitrogens with one attached hydrogen (secondary N) is 1. The number of pyridine rings is 1. The second-order valence-electron chi connectivity index (χ2n) is 4.60. The molecule has 1 saturated heterocycles. The van der Waals surface area contributed by atoms with Crippen LogP contribution in [0.5, 0.6) is 0 Å². The minimum Gasteiger partial charge on any atom is -0.478 e. The van der Waals surface area contributed by atoms with Crippen LogP contribution in [-0.4, -0.2) is 35.3 Å². The van der Waals surface area contributed by atoms with Crippen molar-refractivity contribution in [2.24, 2.45) is 5.92 Å². The summed E-state index contributed by atoms with van der Waals surface area (Å²) in [5.74, 6) is -0.152. The third-order valence-electron chi connectivity index (χ3n) is 3.37. The predicted octanol–water partition coefficient (Wildman–Crippen LogP) is 2.77. The molecule has 0 radical (unpaired) electrons. The molecule has 0 spiro atoms. The number of halogens is 1. The van der Waals surface area contributed by atoms with Gasteiger partial charge in [-0.3, -0.25) is 0 Å². The van der Waals surface area contributed by atoms with E-state index in [-0.39, 0.29) is 11.7 Å². The summed E-state index contributed by atoms with van der Waals surface area (Å²) in [6, 6.07) is 1.56. The number of rotatable bonds is 5. The molecule has 1 aliphatic heterocycles. The topological polar surface area (TPSA) is 71.5 Å². The molecule has 1 aromatic rings. The maximum Gasteiger partial charge on any atom is 0.339 e. The van der Waals surface area contributed by atoms with E-state index in [4.69, 9.17) is 9.84 Å². The molecule has 0 aromatic carbocycles. The number of nitrogens with zero attached hydrogens (tertiary/aromatic N) is 1. The highest BCUT2D eigenvalue weighted by Crippen LogP contribution is 2.25. The van der Waals surface area contributed by atoms with Crippen LogP contribution in [0.1, 0.15) is 30.1 Å². The van der Waals surface area contributed by atoms with Crippen LogP contribution in [0, 0.1) is 5.92 Å². The number of carbonyl (C=O) groups is 1. The number of anilines is 1. The van der Waals surface area contributed by atoms with Crippen LogP contribution in [-0.2, 0) is 4.74 Å². The first kappa shape index (κ1) is 14.3. The minimum absolute atomic E-state index is 0.182. The van der Waals surface area contributed by atoms with Crippen molar-refractivity contribution >= 4 is 27.7 Å². The van der Waals surface area contributed by atoms with Crippen molar-refractivity contribution in [3.05, 3.63) is 22.3 Å². The van der Waals surface area contributed by atoms with Crippen molar-refractivity contribution in [3.63, 3.8) is 0 Å². The van der Waals surface area contributed by atoms with Gasteiger partial charge in [0.25, 0.3) is 0 Å². The Balaban J connectivity index is 2.05. The van der Waals surface area contributed by atoms with Crippen LogP contribution in [0.15, 0.2) is 16.7 Å². The minimum atomic E-state index is -0.981. The molecule has 0 saturated carbocycles. The first-order chi connectivity index (χ1) is 9.11. The van der Waals surface area contributed by atoms with Crippen LogP contribution < -0.4 is 5.32 Å². The fourth-order valence-corrected chi connectivity index (χ4v) is 2.68. The van der Waals surface area contributed by atoms with Crippen molar-refractivity contribution in [3.8, 4) is 0 Å². The lowest BCUT2D eigenvalue weighted by Gasteiger charge is -2.18. The van der Waals surface area contributed by atoms with Gasteiger partial charge in [0.2, 0.25) is 0 Å². The average Bonchev–Trinajstić information content (AvgIpc) is 2.84. The highest BCUT2D eigenvalue weighted by Gasteiger charge is 2.26. The Labute approximate surface area is 120 Å². The molecule has 2 rings (SSSR count). The summed E-state index contributed by atoms with van der Waals surface area (Å²) in [5, 5.41) is 12.3. The molecule has 2 unspecified atom stereocenters. The smallest absolute Gasteiger partial charge is 0.339 e. The number of ether oxygens (including phenoxy) is 1. The Bertz CT molecular complexity index is 467. The lowest BCUT2D eigenvalue weighted by Crippen LogP contribution is -2.23. The van der Waals surface area contributed by atoms with E-state index >= 15 is 0 Å². The van der Waals surface area contributed by atoms with Gasteiger partial charge in [0.05, 0.1) is 6.10 Å². The summed E-state index contributed by atoms with van der Waals surface area (Å²) < 4.78 is 6.27. The zero-order chi connectivity index (χ0) is 13.8. The van der Waals surface area contributed by atoms with Crippen LogP contribution in [0.25, 0.3) is 0 Å².